The van der Waals surface area contributed by atoms with Crippen molar-refractivity contribution in [2.75, 3.05) is 14.2 Å². The second kappa shape index (κ2) is 9.31. The van der Waals surface area contributed by atoms with E-state index in [9.17, 15) is 9.59 Å². The van der Waals surface area contributed by atoms with Crippen molar-refractivity contribution in [2.24, 2.45) is 0 Å². The van der Waals surface area contributed by atoms with Crippen LogP contribution < -0.4 is 4.74 Å². The number of rotatable bonds is 6. The predicted octanol–water partition coefficient (Wildman–Crippen LogP) is 5.05. The molecule has 6 nitrogen and oxygen atoms in total. The van der Waals surface area contributed by atoms with Crippen LogP contribution in [0.3, 0.4) is 0 Å². The van der Waals surface area contributed by atoms with Gasteiger partial charge in [-0.25, -0.2) is 14.6 Å². The Kier molecular flexibility index (Phi) is 6.12. The fraction of sp³-hybridized carbons (Fsp3) is 0.115. The van der Waals surface area contributed by atoms with E-state index in [1.165, 1.54) is 7.11 Å². The standard InChI is InChI=1S/C26H21NO5/c1-30-20-13-11-18(12-14-20)24-15-22(21-5-3-4-6-23(21)27-24)26(29)32-16-17-7-9-19(10-8-17)25(28)31-2/h3-15H,16H2,1-2H3. The molecule has 0 atom stereocenters. The highest BCUT2D eigenvalue weighted by Crippen LogP contribution is 2.27. The van der Waals surface area contributed by atoms with Crippen molar-refractivity contribution in [2.45, 2.75) is 6.61 Å². The molecule has 1 aromatic heterocycles. The molecule has 0 spiro atoms. The Balaban J connectivity index is 1.60. The first kappa shape index (κ1) is 21.1. The van der Waals surface area contributed by atoms with Gasteiger partial charge in [0.15, 0.2) is 0 Å². The topological polar surface area (TPSA) is 74.7 Å². The van der Waals surface area contributed by atoms with Gasteiger partial charge in [-0.2, -0.15) is 0 Å². The predicted molar refractivity (Wildman–Crippen MR) is 121 cm³/mol. The quantitative estimate of drug-likeness (QED) is 0.401. The largest absolute Gasteiger partial charge is 0.497 e. The number of carbonyl (C=O) groups is 2. The maximum absolute atomic E-state index is 13.0. The van der Waals surface area contributed by atoms with Crippen LogP contribution in [0.15, 0.2) is 78.9 Å². The third-order valence-corrected chi connectivity index (χ3v) is 5.07. The van der Waals surface area contributed by atoms with Crippen LogP contribution >= 0.6 is 0 Å². The third kappa shape index (κ3) is 4.44. The summed E-state index contributed by atoms with van der Waals surface area (Å²) in [6.07, 6.45) is 0. The Morgan fingerprint density at radius 3 is 2.25 bits per heavy atom. The Labute approximate surface area is 185 Å². The highest BCUT2D eigenvalue weighted by Gasteiger charge is 2.16. The summed E-state index contributed by atoms with van der Waals surface area (Å²) < 4.78 is 15.5. The number of hydrogen-bond donors (Lipinski definition) is 0. The molecule has 0 bridgehead atoms. The zero-order chi connectivity index (χ0) is 22.5. The summed E-state index contributed by atoms with van der Waals surface area (Å²) in [5.41, 5.74) is 3.87. The number of carbonyl (C=O) groups excluding carboxylic acids is 2. The van der Waals surface area contributed by atoms with Crippen molar-refractivity contribution < 1.29 is 23.8 Å². The maximum Gasteiger partial charge on any atom is 0.339 e. The van der Waals surface area contributed by atoms with Crippen LogP contribution in [0.1, 0.15) is 26.3 Å². The molecule has 4 aromatic rings. The van der Waals surface area contributed by atoms with Crippen LogP contribution in [0.5, 0.6) is 5.75 Å². The molecule has 0 amide bonds. The van der Waals surface area contributed by atoms with Gasteiger partial charge in [0.2, 0.25) is 0 Å². The van der Waals surface area contributed by atoms with E-state index in [1.54, 1.807) is 37.4 Å². The molecule has 160 valence electrons. The van der Waals surface area contributed by atoms with E-state index < -0.39 is 11.9 Å². The molecule has 0 aliphatic rings. The average molecular weight is 427 g/mol. The van der Waals surface area contributed by atoms with Crippen LogP contribution in [-0.2, 0) is 16.1 Å². The van der Waals surface area contributed by atoms with Crippen LogP contribution in [0.2, 0.25) is 0 Å². The lowest BCUT2D eigenvalue weighted by Crippen LogP contribution is -2.07. The number of para-hydroxylation sites is 1. The molecule has 0 aliphatic heterocycles. The highest BCUT2D eigenvalue weighted by molar-refractivity contribution is 6.04. The van der Waals surface area contributed by atoms with Crippen molar-refractivity contribution in [1.82, 2.24) is 4.98 Å². The molecule has 3 aromatic carbocycles. The Hall–Kier alpha value is -4.19. The molecular weight excluding hydrogens is 406 g/mol. The van der Waals surface area contributed by atoms with Gasteiger partial charge in [0.05, 0.1) is 36.6 Å². The van der Waals surface area contributed by atoms with E-state index in [4.69, 9.17) is 19.2 Å². The van der Waals surface area contributed by atoms with Crippen LogP contribution in [-0.4, -0.2) is 31.1 Å². The molecule has 4 rings (SSSR count). The van der Waals surface area contributed by atoms with Gasteiger partial charge in [0.25, 0.3) is 0 Å². The van der Waals surface area contributed by atoms with Gasteiger partial charge in [0, 0.05) is 10.9 Å². The van der Waals surface area contributed by atoms with Crippen LogP contribution in [0.4, 0.5) is 0 Å². The SMILES string of the molecule is COC(=O)c1ccc(COC(=O)c2cc(-c3ccc(OC)cc3)nc3ccccc23)cc1. The van der Waals surface area contributed by atoms with E-state index >= 15 is 0 Å². The summed E-state index contributed by atoms with van der Waals surface area (Å²) in [5, 5.41) is 0.718. The van der Waals surface area contributed by atoms with Crippen molar-refractivity contribution in [3.63, 3.8) is 0 Å². The molecule has 32 heavy (non-hydrogen) atoms. The number of benzene rings is 3. The first-order chi connectivity index (χ1) is 15.6. The summed E-state index contributed by atoms with van der Waals surface area (Å²) in [6, 6.07) is 23.4. The minimum absolute atomic E-state index is 0.0782. The van der Waals surface area contributed by atoms with Crippen LogP contribution in [0, 0.1) is 0 Å². The van der Waals surface area contributed by atoms with Gasteiger partial charge in [0.1, 0.15) is 12.4 Å². The van der Waals surface area contributed by atoms with E-state index in [0.717, 1.165) is 22.3 Å². The van der Waals surface area contributed by atoms with E-state index in [1.807, 2.05) is 48.5 Å². The minimum Gasteiger partial charge on any atom is -0.497 e. The minimum atomic E-state index is -0.449. The summed E-state index contributed by atoms with van der Waals surface area (Å²) in [6.45, 7) is 0.0782. The number of esters is 2. The average Bonchev–Trinajstić information content (AvgIpc) is 2.86. The fourth-order valence-corrected chi connectivity index (χ4v) is 3.34. The van der Waals surface area contributed by atoms with E-state index in [-0.39, 0.29) is 6.61 Å². The van der Waals surface area contributed by atoms with Gasteiger partial charge < -0.3 is 14.2 Å². The van der Waals surface area contributed by atoms with Crippen LogP contribution in [0.25, 0.3) is 22.2 Å². The maximum atomic E-state index is 13.0. The van der Waals surface area contributed by atoms with Gasteiger partial charge in [-0.3, -0.25) is 0 Å². The second-order valence-electron chi connectivity index (χ2n) is 7.07. The Bertz CT molecular complexity index is 1260. The van der Waals surface area contributed by atoms with E-state index in [0.29, 0.717) is 22.3 Å². The molecule has 1 heterocycles. The molecule has 0 unspecified atom stereocenters. The zero-order valence-electron chi connectivity index (χ0n) is 17.7. The number of nitrogens with zero attached hydrogens (tertiary/aromatic N) is 1. The highest BCUT2D eigenvalue weighted by atomic mass is 16.5. The summed E-state index contributed by atoms with van der Waals surface area (Å²) >= 11 is 0. The number of pyridine rings is 1. The molecule has 0 fully saturated rings. The van der Waals surface area contributed by atoms with Crippen molar-refractivity contribution in [1.29, 1.82) is 0 Å². The molecule has 0 saturated carbocycles. The smallest absolute Gasteiger partial charge is 0.339 e. The number of ether oxygens (including phenoxy) is 3. The third-order valence-electron chi connectivity index (χ3n) is 5.07. The second-order valence-corrected chi connectivity index (χ2v) is 7.07. The Morgan fingerprint density at radius 1 is 0.844 bits per heavy atom. The lowest BCUT2D eigenvalue weighted by molar-refractivity contribution is 0.0473. The number of methoxy groups -OCH3 is 2. The van der Waals surface area contributed by atoms with E-state index in [2.05, 4.69) is 0 Å². The molecule has 0 radical (unpaired) electrons. The van der Waals surface area contributed by atoms with Gasteiger partial charge in [-0.1, -0.05) is 30.3 Å². The van der Waals surface area contributed by atoms with Gasteiger partial charge >= 0.3 is 11.9 Å². The monoisotopic (exact) mass is 427 g/mol. The number of hydrogen-bond acceptors (Lipinski definition) is 6. The number of aromatic nitrogens is 1. The lowest BCUT2D eigenvalue weighted by Gasteiger charge is -2.11. The van der Waals surface area contributed by atoms with Gasteiger partial charge in [-0.05, 0) is 54.1 Å². The van der Waals surface area contributed by atoms with Crippen molar-refractivity contribution >= 4 is 22.8 Å². The first-order valence-corrected chi connectivity index (χ1v) is 9.97. The van der Waals surface area contributed by atoms with Gasteiger partial charge in [-0.15, -0.1) is 0 Å². The molecule has 6 heteroatoms. The summed E-state index contributed by atoms with van der Waals surface area (Å²) in [4.78, 5) is 29.3. The molecule has 0 N–H and O–H groups in total. The molecular formula is C26H21NO5. The summed E-state index contributed by atoms with van der Waals surface area (Å²) in [7, 11) is 2.94. The number of fused-ring (bicyclic) bond motifs is 1. The lowest BCUT2D eigenvalue weighted by atomic mass is 10.0. The molecule has 0 aliphatic carbocycles. The zero-order valence-corrected chi connectivity index (χ0v) is 17.7. The first-order valence-electron chi connectivity index (χ1n) is 9.97. The van der Waals surface area contributed by atoms with Crippen molar-refractivity contribution in [3.8, 4) is 17.0 Å². The van der Waals surface area contributed by atoms with Crippen molar-refractivity contribution in [3.05, 3.63) is 95.6 Å². The fourth-order valence-electron chi connectivity index (χ4n) is 3.34. The molecule has 0 saturated heterocycles. The normalized spacial score (nSPS) is 10.6. The summed E-state index contributed by atoms with van der Waals surface area (Å²) in [5.74, 6) is -0.120. The Morgan fingerprint density at radius 2 is 1.56 bits per heavy atom.